The smallest absolute Gasteiger partial charge is 0.344 e. The maximum atomic E-state index is 12.2. The van der Waals surface area contributed by atoms with Crippen LogP contribution >= 0.6 is 0 Å². The van der Waals surface area contributed by atoms with Gasteiger partial charge in [0.2, 0.25) is 0 Å². The average molecular weight is 297 g/mol. The molecule has 0 radical (unpaired) electrons. The summed E-state index contributed by atoms with van der Waals surface area (Å²) in [4.78, 5) is 14.3. The van der Waals surface area contributed by atoms with Crippen molar-refractivity contribution in [1.82, 2.24) is 4.90 Å². The normalized spacial score (nSPS) is 13.0. The molecule has 22 heavy (non-hydrogen) atoms. The van der Waals surface area contributed by atoms with Crippen molar-refractivity contribution in [2.24, 2.45) is 0 Å². The number of methoxy groups -OCH3 is 1. The number of benzene rings is 2. The molecule has 4 nitrogen and oxygen atoms in total. The summed E-state index contributed by atoms with van der Waals surface area (Å²) < 4.78 is 11.1. The van der Waals surface area contributed by atoms with Crippen LogP contribution in [0.5, 0.6) is 5.75 Å². The average Bonchev–Trinajstić information content (AvgIpc) is 2.53. The highest BCUT2D eigenvalue weighted by Crippen LogP contribution is 2.34. The molecule has 114 valence electrons. The van der Waals surface area contributed by atoms with Crippen molar-refractivity contribution in [3.05, 3.63) is 52.4 Å². The monoisotopic (exact) mass is 297 g/mol. The van der Waals surface area contributed by atoms with Crippen LogP contribution in [0.15, 0.2) is 45.6 Å². The molecule has 0 amide bonds. The van der Waals surface area contributed by atoms with E-state index in [1.165, 1.54) is 0 Å². The Morgan fingerprint density at radius 1 is 1.14 bits per heavy atom. The predicted octanol–water partition coefficient (Wildman–Crippen LogP) is 3.58. The maximum absolute atomic E-state index is 12.2. The Morgan fingerprint density at radius 2 is 1.82 bits per heavy atom. The van der Waals surface area contributed by atoms with E-state index in [1.807, 2.05) is 44.4 Å². The van der Waals surface area contributed by atoms with Crippen molar-refractivity contribution in [3.63, 3.8) is 0 Å². The van der Waals surface area contributed by atoms with Crippen molar-refractivity contribution < 1.29 is 9.15 Å². The van der Waals surface area contributed by atoms with E-state index in [-0.39, 0.29) is 11.7 Å². The molecular weight excluding hydrogens is 278 g/mol. The molecule has 0 spiro atoms. The van der Waals surface area contributed by atoms with Gasteiger partial charge in [-0.25, -0.2) is 4.79 Å². The van der Waals surface area contributed by atoms with Crippen molar-refractivity contribution in [1.29, 1.82) is 0 Å². The minimum Gasteiger partial charge on any atom is -0.496 e. The van der Waals surface area contributed by atoms with E-state index < -0.39 is 0 Å². The fourth-order valence-electron chi connectivity index (χ4n) is 2.69. The van der Waals surface area contributed by atoms with Gasteiger partial charge in [-0.3, -0.25) is 0 Å². The van der Waals surface area contributed by atoms with Gasteiger partial charge in [0.25, 0.3) is 0 Å². The highest BCUT2D eigenvalue weighted by atomic mass is 16.5. The van der Waals surface area contributed by atoms with Crippen LogP contribution < -0.4 is 10.4 Å². The molecule has 0 saturated carbocycles. The van der Waals surface area contributed by atoms with Crippen LogP contribution in [0.1, 0.15) is 18.5 Å². The summed E-state index contributed by atoms with van der Waals surface area (Å²) in [6.45, 7) is 2.10. The van der Waals surface area contributed by atoms with Crippen LogP contribution in [-0.4, -0.2) is 26.1 Å². The molecule has 1 heterocycles. The quantitative estimate of drug-likeness (QED) is 0.547. The number of hydrogen-bond donors (Lipinski definition) is 0. The lowest BCUT2D eigenvalue weighted by Gasteiger charge is -2.21. The van der Waals surface area contributed by atoms with Gasteiger partial charge in [0, 0.05) is 11.4 Å². The first-order chi connectivity index (χ1) is 10.5. The van der Waals surface area contributed by atoms with Gasteiger partial charge in [0.15, 0.2) is 0 Å². The lowest BCUT2D eigenvalue weighted by molar-refractivity contribution is 0.320. The summed E-state index contributed by atoms with van der Waals surface area (Å²) in [5.74, 6) is 0.723. The van der Waals surface area contributed by atoms with E-state index in [9.17, 15) is 4.79 Å². The second-order valence-electron chi connectivity index (χ2n) is 5.67. The summed E-state index contributed by atoms with van der Waals surface area (Å²) in [7, 11) is 5.66. The zero-order valence-corrected chi connectivity index (χ0v) is 13.2. The molecular formula is C18H19NO3. The molecule has 0 N–H and O–H groups in total. The van der Waals surface area contributed by atoms with Gasteiger partial charge in [-0.2, -0.15) is 0 Å². The molecule has 2 aromatic carbocycles. The Labute approximate surface area is 128 Å². The summed E-state index contributed by atoms with van der Waals surface area (Å²) in [6.07, 6.45) is 0. The van der Waals surface area contributed by atoms with Crippen LogP contribution in [0.2, 0.25) is 0 Å². The lowest BCUT2D eigenvalue weighted by atomic mass is 10.0. The van der Waals surface area contributed by atoms with E-state index in [0.717, 1.165) is 22.1 Å². The van der Waals surface area contributed by atoms with Gasteiger partial charge in [-0.1, -0.05) is 18.2 Å². The Hall–Kier alpha value is -2.33. The SMILES string of the molecule is COc1cc([C@H](C)N(C)C)cc2oc(=O)c3ccccc3c12. The second-order valence-corrected chi connectivity index (χ2v) is 5.67. The summed E-state index contributed by atoms with van der Waals surface area (Å²) >= 11 is 0. The summed E-state index contributed by atoms with van der Waals surface area (Å²) in [6, 6.07) is 11.6. The van der Waals surface area contributed by atoms with Crippen molar-refractivity contribution in [2.45, 2.75) is 13.0 Å². The first kappa shape index (κ1) is 14.6. The molecule has 3 rings (SSSR count). The highest BCUT2D eigenvalue weighted by Gasteiger charge is 2.16. The molecule has 0 fully saturated rings. The molecule has 1 atom stereocenters. The summed E-state index contributed by atoms with van der Waals surface area (Å²) in [5, 5.41) is 2.27. The standard InChI is InChI=1S/C18H19NO3/c1-11(19(2)3)12-9-15(21-4)17-13-7-5-6-8-14(13)18(20)22-16(17)10-12/h5-11H,1-4H3/t11-/m0/s1. The molecule has 0 aliphatic heterocycles. The fraction of sp³-hybridized carbons (Fsp3) is 0.278. The third-order valence-electron chi connectivity index (χ3n) is 4.18. The third kappa shape index (κ3) is 2.25. The zero-order valence-electron chi connectivity index (χ0n) is 13.2. The topological polar surface area (TPSA) is 42.7 Å². The second kappa shape index (κ2) is 5.46. The highest BCUT2D eigenvalue weighted by molar-refractivity contribution is 6.07. The minimum absolute atomic E-state index is 0.190. The largest absolute Gasteiger partial charge is 0.496 e. The van der Waals surface area contributed by atoms with E-state index in [4.69, 9.17) is 9.15 Å². The van der Waals surface area contributed by atoms with Crippen LogP contribution in [-0.2, 0) is 0 Å². The summed E-state index contributed by atoms with van der Waals surface area (Å²) in [5.41, 5.74) is 1.29. The van der Waals surface area contributed by atoms with Gasteiger partial charge >= 0.3 is 5.63 Å². The Bertz CT molecular complexity index is 896. The number of hydrogen-bond acceptors (Lipinski definition) is 4. The number of ether oxygens (including phenoxy) is 1. The number of rotatable bonds is 3. The Balaban J connectivity index is 2.42. The lowest BCUT2D eigenvalue weighted by Crippen LogP contribution is -2.16. The number of fused-ring (bicyclic) bond motifs is 3. The molecule has 0 saturated heterocycles. The van der Waals surface area contributed by atoms with Crippen LogP contribution in [0.4, 0.5) is 0 Å². The molecule has 0 bridgehead atoms. The van der Waals surface area contributed by atoms with Gasteiger partial charge < -0.3 is 14.1 Å². The molecule has 0 aliphatic carbocycles. The van der Waals surface area contributed by atoms with Crippen molar-refractivity contribution >= 4 is 21.7 Å². The van der Waals surface area contributed by atoms with E-state index >= 15 is 0 Å². The van der Waals surface area contributed by atoms with Gasteiger partial charge in [-0.15, -0.1) is 0 Å². The van der Waals surface area contributed by atoms with Gasteiger partial charge in [-0.05, 0) is 44.8 Å². The van der Waals surface area contributed by atoms with E-state index in [0.29, 0.717) is 11.0 Å². The zero-order chi connectivity index (χ0) is 15.9. The fourth-order valence-corrected chi connectivity index (χ4v) is 2.69. The van der Waals surface area contributed by atoms with E-state index in [2.05, 4.69) is 11.8 Å². The molecule has 0 aliphatic rings. The van der Waals surface area contributed by atoms with Crippen LogP contribution in [0.3, 0.4) is 0 Å². The third-order valence-corrected chi connectivity index (χ3v) is 4.18. The first-order valence-corrected chi connectivity index (χ1v) is 7.23. The maximum Gasteiger partial charge on any atom is 0.344 e. The van der Waals surface area contributed by atoms with Crippen LogP contribution in [0.25, 0.3) is 21.7 Å². The molecule has 3 aromatic rings. The first-order valence-electron chi connectivity index (χ1n) is 7.23. The number of nitrogens with zero attached hydrogens (tertiary/aromatic N) is 1. The van der Waals surface area contributed by atoms with E-state index in [1.54, 1.807) is 13.2 Å². The van der Waals surface area contributed by atoms with Gasteiger partial charge in [0.1, 0.15) is 11.3 Å². The van der Waals surface area contributed by atoms with Crippen molar-refractivity contribution in [2.75, 3.05) is 21.2 Å². The predicted molar refractivity (Wildman–Crippen MR) is 88.6 cm³/mol. The minimum atomic E-state index is -0.320. The molecule has 1 aromatic heterocycles. The Morgan fingerprint density at radius 3 is 2.45 bits per heavy atom. The molecule has 0 unspecified atom stereocenters. The van der Waals surface area contributed by atoms with Crippen molar-refractivity contribution in [3.8, 4) is 5.75 Å². The van der Waals surface area contributed by atoms with Gasteiger partial charge in [0.05, 0.1) is 17.9 Å². The Kier molecular flexibility index (Phi) is 3.62. The van der Waals surface area contributed by atoms with Crippen LogP contribution in [0, 0.1) is 0 Å². The molecule has 4 heteroatoms.